The molecule has 0 aromatic carbocycles. The number of rotatable bonds is 2. The zero-order valence-electron chi connectivity index (χ0n) is 12.1. The number of likely N-dealkylation sites (tertiary alicyclic amines) is 1. The number of hydrogen-bond acceptors (Lipinski definition) is 2. The molecule has 112 valence electrons. The summed E-state index contributed by atoms with van der Waals surface area (Å²) in [5, 5.41) is 0. The Morgan fingerprint density at radius 1 is 1.25 bits per heavy atom. The third-order valence-corrected chi connectivity index (χ3v) is 4.02. The van der Waals surface area contributed by atoms with Crippen molar-refractivity contribution in [2.24, 2.45) is 0 Å². The monoisotopic (exact) mass is 286 g/mol. The number of pyridine rings is 1. The van der Waals surface area contributed by atoms with Crippen LogP contribution in [0.5, 0.6) is 0 Å². The Morgan fingerprint density at radius 3 is 2.45 bits per heavy atom. The maximum Gasteiger partial charge on any atom is 0.417 e. The van der Waals surface area contributed by atoms with Crippen molar-refractivity contribution in [2.45, 2.75) is 64.3 Å². The topological polar surface area (TPSA) is 16.1 Å². The summed E-state index contributed by atoms with van der Waals surface area (Å²) in [6, 6.07) is 3.60. The number of hydrogen-bond donors (Lipinski definition) is 0. The summed E-state index contributed by atoms with van der Waals surface area (Å²) in [5.41, 5.74) is 0.0689. The summed E-state index contributed by atoms with van der Waals surface area (Å²) in [5.74, 6) is 0. The van der Waals surface area contributed by atoms with Crippen LogP contribution in [0.15, 0.2) is 18.3 Å². The van der Waals surface area contributed by atoms with Crippen LogP contribution in [0, 0.1) is 0 Å². The Balaban J connectivity index is 2.25. The van der Waals surface area contributed by atoms with Gasteiger partial charge in [-0.25, -0.2) is 0 Å². The molecule has 1 aromatic heterocycles. The lowest BCUT2D eigenvalue weighted by molar-refractivity contribution is -0.137. The summed E-state index contributed by atoms with van der Waals surface area (Å²) >= 11 is 0. The van der Waals surface area contributed by atoms with E-state index < -0.39 is 11.7 Å². The molecule has 2 atom stereocenters. The van der Waals surface area contributed by atoms with Gasteiger partial charge in [0.15, 0.2) is 0 Å². The number of nitrogens with zero attached hydrogens (tertiary/aromatic N) is 2. The summed E-state index contributed by atoms with van der Waals surface area (Å²) in [6.07, 6.45) is -0.176. The van der Waals surface area contributed by atoms with Crippen molar-refractivity contribution in [3.8, 4) is 0 Å². The Kier molecular flexibility index (Phi) is 4.37. The zero-order chi connectivity index (χ0) is 14.9. The highest BCUT2D eigenvalue weighted by atomic mass is 19.4. The van der Waals surface area contributed by atoms with E-state index >= 15 is 0 Å². The first-order chi connectivity index (χ1) is 9.30. The second-order valence-electron chi connectivity index (χ2n) is 5.81. The van der Waals surface area contributed by atoms with E-state index in [1.807, 2.05) is 0 Å². The van der Waals surface area contributed by atoms with E-state index in [9.17, 15) is 13.2 Å². The lowest BCUT2D eigenvalue weighted by Crippen LogP contribution is -2.44. The molecule has 0 radical (unpaired) electrons. The van der Waals surface area contributed by atoms with Crippen molar-refractivity contribution in [3.63, 3.8) is 0 Å². The highest BCUT2D eigenvalue weighted by Gasteiger charge is 2.34. The van der Waals surface area contributed by atoms with Crippen molar-refractivity contribution in [1.82, 2.24) is 9.88 Å². The molecule has 20 heavy (non-hydrogen) atoms. The predicted octanol–water partition coefficient (Wildman–Crippen LogP) is 4.42. The van der Waals surface area contributed by atoms with Crippen LogP contribution >= 0.6 is 0 Å². The van der Waals surface area contributed by atoms with Crippen LogP contribution in [0.25, 0.3) is 0 Å². The van der Waals surface area contributed by atoms with Crippen LogP contribution in [0.2, 0.25) is 0 Å². The van der Waals surface area contributed by atoms with Crippen LogP contribution < -0.4 is 0 Å². The minimum absolute atomic E-state index is 0.126. The second-order valence-corrected chi connectivity index (χ2v) is 5.81. The molecule has 1 aliphatic heterocycles. The number of aromatic nitrogens is 1. The molecule has 2 heterocycles. The fourth-order valence-electron chi connectivity index (χ4n) is 3.15. The van der Waals surface area contributed by atoms with E-state index in [4.69, 9.17) is 0 Å². The van der Waals surface area contributed by atoms with Gasteiger partial charge in [-0.1, -0.05) is 0 Å². The Bertz CT molecular complexity index is 439. The maximum atomic E-state index is 12.6. The third kappa shape index (κ3) is 3.14. The SMILES string of the molecule is CC(C)N1C(C)CCCC1c1ccc(C(F)(F)F)cn1. The molecular weight excluding hydrogens is 265 g/mol. The highest BCUT2D eigenvalue weighted by molar-refractivity contribution is 5.19. The van der Waals surface area contributed by atoms with Crippen LogP contribution in [-0.4, -0.2) is 22.0 Å². The summed E-state index contributed by atoms with van der Waals surface area (Å²) in [4.78, 5) is 6.43. The molecule has 0 aliphatic carbocycles. The number of piperidine rings is 1. The Hall–Kier alpha value is -1.10. The van der Waals surface area contributed by atoms with Crippen LogP contribution in [-0.2, 0) is 6.18 Å². The lowest BCUT2D eigenvalue weighted by Gasteiger charge is -2.43. The molecule has 5 heteroatoms. The lowest BCUT2D eigenvalue weighted by atomic mass is 9.92. The average Bonchev–Trinajstić information content (AvgIpc) is 2.37. The van der Waals surface area contributed by atoms with E-state index in [1.165, 1.54) is 6.07 Å². The normalized spacial score (nSPS) is 25.1. The standard InChI is InChI=1S/C15H21F3N2/c1-10(2)20-11(3)5-4-6-14(20)13-8-7-12(9-19-13)15(16,17)18/h7-11,14H,4-6H2,1-3H3. The molecule has 0 saturated carbocycles. The Labute approximate surface area is 118 Å². The number of halogens is 3. The zero-order valence-corrected chi connectivity index (χ0v) is 12.1. The van der Waals surface area contributed by atoms with Gasteiger partial charge in [0.05, 0.1) is 17.3 Å². The van der Waals surface area contributed by atoms with Gasteiger partial charge < -0.3 is 0 Å². The fourth-order valence-corrected chi connectivity index (χ4v) is 3.15. The number of alkyl halides is 3. The molecule has 0 amide bonds. The minimum Gasteiger partial charge on any atom is -0.290 e. The van der Waals surface area contributed by atoms with Crippen molar-refractivity contribution < 1.29 is 13.2 Å². The molecular formula is C15H21F3N2. The van der Waals surface area contributed by atoms with E-state index in [0.29, 0.717) is 12.1 Å². The summed E-state index contributed by atoms with van der Waals surface area (Å²) in [6.45, 7) is 6.42. The fraction of sp³-hybridized carbons (Fsp3) is 0.667. The molecule has 2 nitrogen and oxygen atoms in total. The third-order valence-electron chi connectivity index (χ3n) is 4.02. The summed E-state index contributed by atoms with van der Waals surface area (Å²) in [7, 11) is 0. The van der Waals surface area contributed by atoms with Gasteiger partial charge >= 0.3 is 6.18 Å². The van der Waals surface area contributed by atoms with Crippen molar-refractivity contribution in [2.75, 3.05) is 0 Å². The van der Waals surface area contributed by atoms with E-state index in [2.05, 4.69) is 30.7 Å². The van der Waals surface area contributed by atoms with Gasteiger partial charge in [0.1, 0.15) is 0 Å². The second kappa shape index (κ2) is 5.72. The molecule has 0 bridgehead atoms. The van der Waals surface area contributed by atoms with Gasteiger partial charge in [0.25, 0.3) is 0 Å². The van der Waals surface area contributed by atoms with Gasteiger partial charge in [-0.2, -0.15) is 13.2 Å². The molecule has 0 spiro atoms. The first kappa shape index (κ1) is 15.3. The predicted molar refractivity (Wildman–Crippen MR) is 72.3 cm³/mol. The van der Waals surface area contributed by atoms with Crippen molar-refractivity contribution in [3.05, 3.63) is 29.6 Å². The quantitative estimate of drug-likeness (QED) is 0.800. The molecule has 1 aliphatic rings. The molecule has 1 aromatic rings. The van der Waals surface area contributed by atoms with E-state index in [0.717, 1.165) is 37.2 Å². The van der Waals surface area contributed by atoms with Crippen molar-refractivity contribution >= 4 is 0 Å². The largest absolute Gasteiger partial charge is 0.417 e. The average molecular weight is 286 g/mol. The molecule has 1 saturated heterocycles. The van der Waals surface area contributed by atoms with Gasteiger partial charge in [-0.3, -0.25) is 9.88 Å². The smallest absolute Gasteiger partial charge is 0.290 e. The van der Waals surface area contributed by atoms with Crippen molar-refractivity contribution in [1.29, 1.82) is 0 Å². The molecule has 2 unspecified atom stereocenters. The van der Waals surface area contributed by atoms with E-state index in [1.54, 1.807) is 0 Å². The van der Waals surface area contributed by atoms with Gasteiger partial charge in [0.2, 0.25) is 0 Å². The molecule has 1 fully saturated rings. The van der Waals surface area contributed by atoms with E-state index in [-0.39, 0.29) is 6.04 Å². The van der Waals surface area contributed by atoms with Gasteiger partial charge in [0, 0.05) is 18.3 Å². The van der Waals surface area contributed by atoms with Crippen LogP contribution in [0.1, 0.15) is 57.3 Å². The highest BCUT2D eigenvalue weighted by Crippen LogP contribution is 2.36. The summed E-state index contributed by atoms with van der Waals surface area (Å²) < 4.78 is 37.7. The first-order valence-corrected chi connectivity index (χ1v) is 7.11. The molecule has 2 rings (SSSR count). The van der Waals surface area contributed by atoms with Gasteiger partial charge in [-0.15, -0.1) is 0 Å². The Morgan fingerprint density at radius 2 is 1.95 bits per heavy atom. The first-order valence-electron chi connectivity index (χ1n) is 7.11. The minimum atomic E-state index is -4.32. The maximum absolute atomic E-state index is 12.6. The molecule has 0 N–H and O–H groups in total. The van der Waals surface area contributed by atoms with Gasteiger partial charge in [-0.05, 0) is 52.2 Å². The van der Waals surface area contributed by atoms with Crippen LogP contribution in [0.4, 0.5) is 13.2 Å². The van der Waals surface area contributed by atoms with Crippen LogP contribution in [0.3, 0.4) is 0 Å².